The minimum atomic E-state index is -0.316. The lowest BCUT2D eigenvalue weighted by Gasteiger charge is -2.23. The second-order valence-electron chi connectivity index (χ2n) is 6.68. The van der Waals surface area contributed by atoms with Crippen molar-refractivity contribution < 1.29 is 9.84 Å². The molecule has 2 rings (SSSR count). The van der Waals surface area contributed by atoms with Crippen LogP contribution in [0.3, 0.4) is 0 Å². The number of ether oxygens (including phenoxy) is 1. The van der Waals surface area contributed by atoms with Gasteiger partial charge in [0.25, 0.3) is 0 Å². The average Bonchev–Trinajstić information content (AvgIpc) is 2.99. The molecule has 0 bridgehead atoms. The molecule has 0 spiro atoms. The van der Waals surface area contributed by atoms with Gasteiger partial charge in [0.1, 0.15) is 12.4 Å². The molecule has 0 aromatic heterocycles. The SMILES string of the molecule is CCC(C)(C)c1ccc(OCC(O)C2CCCC2)cc1. The number of benzene rings is 1. The standard InChI is InChI=1S/C18H28O2/c1-4-18(2,3)15-9-11-16(12-10-15)20-13-17(19)14-7-5-6-8-14/h9-12,14,17,19H,4-8,13H2,1-3H3. The Kier molecular flexibility index (Phi) is 5.09. The van der Waals surface area contributed by atoms with Gasteiger partial charge in [0, 0.05) is 0 Å². The summed E-state index contributed by atoms with van der Waals surface area (Å²) < 4.78 is 5.73. The van der Waals surface area contributed by atoms with E-state index in [1.165, 1.54) is 18.4 Å². The summed E-state index contributed by atoms with van der Waals surface area (Å²) in [5.41, 5.74) is 1.55. The molecule has 2 nitrogen and oxygen atoms in total. The fourth-order valence-corrected chi connectivity index (χ4v) is 2.87. The molecule has 1 unspecified atom stereocenters. The number of aliphatic hydroxyl groups excluding tert-OH is 1. The van der Waals surface area contributed by atoms with E-state index in [1.807, 2.05) is 12.1 Å². The Balaban J connectivity index is 1.87. The highest BCUT2D eigenvalue weighted by Gasteiger charge is 2.23. The average molecular weight is 276 g/mol. The summed E-state index contributed by atoms with van der Waals surface area (Å²) in [6.07, 6.45) is 5.60. The molecule has 0 heterocycles. The molecule has 0 radical (unpaired) electrons. The second kappa shape index (κ2) is 6.62. The minimum Gasteiger partial charge on any atom is -0.491 e. The molecule has 1 aromatic rings. The van der Waals surface area contributed by atoms with Gasteiger partial charge in [0.15, 0.2) is 0 Å². The maximum atomic E-state index is 10.1. The second-order valence-corrected chi connectivity index (χ2v) is 6.68. The lowest BCUT2D eigenvalue weighted by atomic mass is 9.82. The summed E-state index contributed by atoms with van der Waals surface area (Å²) in [5, 5.41) is 10.1. The number of hydrogen-bond donors (Lipinski definition) is 1. The van der Waals surface area contributed by atoms with Crippen molar-refractivity contribution in [2.75, 3.05) is 6.61 Å². The summed E-state index contributed by atoms with van der Waals surface area (Å²) in [6, 6.07) is 8.32. The Morgan fingerprint density at radius 2 is 1.80 bits per heavy atom. The summed E-state index contributed by atoms with van der Waals surface area (Å²) in [7, 11) is 0. The molecule has 20 heavy (non-hydrogen) atoms. The first kappa shape index (κ1) is 15.4. The number of rotatable bonds is 6. The van der Waals surface area contributed by atoms with E-state index >= 15 is 0 Å². The van der Waals surface area contributed by atoms with Gasteiger partial charge in [-0.25, -0.2) is 0 Å². The van der Waals surface area contributed by atoms with Crippen molar-refractivity contribution in [3.05, 3.63) is 29.8 Å². The molecular formula is C18H28O2. The van der Waals surface area contributed by atoms with Crippen LogP contribution in [0.5, 0.6) is 5.75 Å². The molecule has 112 valence electrons. The van der Waals surface area contributed by atoms with E-state index in [-0.39, 0.29) is 11.5 Å². The Labute approximate surface area is 123 Å². The van der Waals surface area contributed by atoms with Gasteiger partial charge in [0.05, 0.1) is 6.10 Å². The number of hydrogen-bond acceptors (Lipinski definition) is 2. The zero-order valence-electron chi connectivity index (χ0n) is 13.1. The van der Waals surface area contributed by atoms with E-state index in [0.717, 1.165) is 25.0 Å². The lowest BCUT2D eigenvalue weighted by molar-refractivity contribution is 0.0593. The first-order valence-corrected chi connectivity index (χ1v) is 7.94. The molecule has 1 aliphatic rings. The third-order valence-corrected chi connectivity index (χ3v) is 4.88. The normalized spacial score (nSPS) is 18.2. The predicted octanol–water partition coefficient (Wildman–Crippen LogP) is 4.30. The van der Waals surface area contributed by atoms with Crippen LogP contribution in [0.25, 0.3) is 0 Å². The van der Waals surface area contributed by atoms with Crippen molar-refractivity contribution in [2.45, 2.75) is 64.4 Å². The smallest absolute Gasteiger partial charge is 0.119 e. The van der Waals surface area contributed by atoms with Crippen LogP contribution in [0, 0.1) is 5.92 Å². The molecule has 0 aliphatic heterocycles. The van der Waals surface area contributed by atoms with Gasteiger partial charge >= 0.3 is 0 Å². The Morgan fingerprint density at radius 3 is 2.35 bits per heavy atom. The third kappa shape index (κ3) is 3.76. The molecular weight excluding hydrogens is 248 g/mol. The topological polar surface area (TPSA) is 29.5 Å². The summed E-state index contributed by atoms with van der Waals surface area (Å²) in [6.45, 7) is 7.14. The van der Waals surface area contributed by atoms with Crippen LogP contribution in [-0.2, 0) is 5.41 Å². The van der Waals surface area contributed by atoms with Gasteiger partial charge in [-0.15, -0.1) is 0 Å². The summed E-state index contributed by atoms with van der Waals surface area (Å²) in [5.74, 6) is 1.30. The Morgan fingerprint density at radius 1 is 1.20 bits per heavy atom. The molecule has 1 aromatic carbocycles. The third-order valence-electron chi connectivity index (χ3n) is 4.88. The van der Waals surface area contributed by atoms with Gasteiger partial charge in [-0.1, -0.05) is 45.7 Å². The molecule has 1 N–H and O–H groups in total. The molecule has 1 saturated carbocycles. The zero-order chi connectivity index (χ0) is 14.6. The van der Waals surface area contributed by atoms with Crippen molar-refractivity contribution in [1.29, 1.82) is 0 Å². The fourth-order valence-electron chi connectivity index (χ4n) is 2.87. The van der Waals surface area contributed by atoms with Crippen molar-refractivity contribution >= 4 is 0 Å². The van der Waals surface area contributed by atoms with Crippen LogP contribution < -0.4 is 4.74 Å². The van der Waals surface area contributed by atoms with E-state index in [0.29, 0.717) is 12.5 Å². The van der Waals surface area contributed by atoms with Gasteiger partial charge in [-0.2, -0.15) is 0 Å². The maximum Gasteiger partial charge on any atom is 0.119 e. The molecule has 0 amide bonds. The number of aliphatic hydroxyl groups is 1. The van der Waals surface area contributed by atoms with Crippen molar-refractivity contribution in [3.63, 3.8) is 0 Å². The summed E-state index contributed by atoms with van der Waals surface area (Å²) >= 11 is 0. The highest BCUT2D eigenvalue weighted by Crippen LogP contribution is 2.29. The Hall–Kier alpha value is -1.02. The van der Waals surface area contributed by atoms with Crippen molar-refractivity contribution in [2.24, 2.45) is 5.92 Å². The fraction of sp³-hybridized carbons (Fsp3) is 0.667. The van der Waals surface area contributed by atoms with Crippen LogP contribution in [-0.4, -0.2) is 17.8 Å². The quantitative estimate of drug-likeness (QED) is 0.839. The van der Waals surface area contributed by atoms with Gasteiger partial charge in [-0.3, -0.25) is 0 Å². The van der Waals surface area contributed by atoms with Crippen molar-refractivity contribution in [3.8, 4) is 5.75 Å². The molecule has 2 heteroatoms. The van der Waals surface area contributed by atoms with Crippen molar-refractivity contribution in [1.82, 2.24) is 0 Å². The van der Waals surface area contributed by atoms with Gasteiger partial charge in [-0.05, 0) is 48.3 Å². The van der Waals surface area contributed by atoms with E-state index in [1.54, 1.807) is 0 Å². The molecule has 1 fully saturated rings. The van der Waals surface area contributed by atoms with Crippen LogP contribution in [0.15, 0.2) is 24.3 Å². The molecule has 1 atom stereocenters. The molecule has 0 saturated heterocycles. The van der Waals surface area contributed by atoms with Crippen LogP contribution in [0.1, 0.15) is 58.4 Å². The van der Waals surface area contributed by atoms with E-state index in [2.05, 4.69) is 32.9 Å². The maximum absolute atomic E-state index is 10.1. The summed E-state index contributed by atoms with van der Waals surface area (Å²) in [4.78, 5) is 0. The highest BCUT2D eigenvalue weighted by atomic mass is 16.5. The molecule has 1 aliphatic carbocycles. The lowest BCUT2D eigenvalue weighted by Crippen LogP contribution is -2.25. The Bertz CT molecular complexity index is 402. The van der Waals surface area contributed by atoms with Gasteiger partial charge < -0.3 is 9.84 Å². The first-order valence-electron chi connectivity index (χ1n) is 7.94. The van der Waals surface area contributed by atoms with E-state index in [4.69, 9.17) is 4.74 Å². The van der Waals surface area contributed by atoms with Gasteiger partial charge in [0.2, 0.25) is 0 Å². The van der Waals surface area contributed by atoms with E-state index in [9.17, 15) is 5.11 Å². The zero-order valence-corrected chi connectivity index (χ0v) is 13.1. The highest BCUT2D eigenvalue weighted by molar-refractivity contribution is 5.31. The first-order chi connectivity index (χ1) is 9.53. The minimum absolute atomic E-state index is 0.210. The largest absolute Gasteiger partial charge is 0.491 e. The monoisotopic (exact) mass is 276 g/mol. The predicted molar refractivity (Wildman–Crippen MR) is 83.2 cm³/mol. The van der Waals surface area contributed by atoms with E-state index < -0.39 is 0 Å². The van der Waals surface area contributed by atoms with Crippen LogP contribution in [0.4, 0.5) is 0 Å². The van der Waals surface area contributed by atoms with Crippen LogP contribution in [0.2, 0.25) is 0 Å². The van der Waals surface area contributed by atoms with Crippen LogP contribution >= 0.6 is 0 Å².